The highest BCUT2D eigenvalue weighted by Crippen LogP contribution is 2.49. The minimum absolute atomic E-state index is 0.0268. The molecule has 4 atom stereocenters. The molecule has 2 saturated carbocycles. The number of fused-ring (bicyclic) bond motifs is 1. The van der Waals surface area contributed by atoms with E-state index in [1.54, 1.807) is 0 Å². The highest BCUT2D eigenvalue weighted by atomic mass is 19.2. The predicted octanol–water partition coefficient (Wildman–Crippen LogP) is 2.86. The maximum atomic E-state index is 13.3. The van der Waals surface area contributed by atoms with Crippen molar-refractivity contribution >= 4 is 12.0 Å². The number of urea groups is 1. The van der Waals surface area contributed by atoms with Gasteiger partial charge in [-0.1, -0.05) is 6.42 Å². The molecule has 2 aliphatic carbocycles. The van der Waals surface area contributed by atoms with Gasteiger partial charge in [-0.25, -0.2) is 18.0 Å². The van der Waals surface area contributed by atoms with Crippen LogP contribution in [0.2, 0.25) is 0 Å². The second kappa shape index (κ2) is 5.89. The zero-order valence-electron chi connectivity index (χ0n) is 14.0. The molecule has 2 N–H and O–H groups in total. The molecule has 1 aliphatic heterocycles. The molecule has 140 valence electrons. The van der Waals surface area contributed by atoms with Crippen molar-refractivity contribution in [1.82, 2.24) is 10.2 Å². The summed E-state index contributed by atoms with van der Waals surface area (Å²) in [5, 5.41) is 12.4. The van der Waals surface area contributed by atoms with Gasteiger partial charge >= 0.3 is 12.0 Å². The van der Waals surface area contributed by atoms with E-state index in [0.717, 1.165) is 25.0 Å². The molecule has 3 aliphatic rings. The van der Waals surface area contributed by atoms with Gasteiger partial charge in [0.2, 0.25) is 0 Å². The Hall–Kier alpha value is -2.25. The van der Waals surface area contributed by atoms with Crippen molar-refractivity contribution in [3.63, 3.8) is 0 Å². The first kappa shape index (κ1) is 17.2. The molecule has 0 unspecified atom stereocenters. The summed E-state index contributed by atoms with van der Waals surface area (Å²) < 4.78 is 39.7. The maximum Gasteiger partial charge on any atom is 0.317 e. The number of carboxylic acids is 1. The van der Waals surface area contributed by atoms with Crippen LogP contribution in [-0.2, 0) is 4.79 Å². The fourth-order valence-corrected chi connectivity index (χ4v) is 4.56. The van der Waals surface area contributed by atoms with Gasteiger partial charge in [0, 0.05) is 25.0 Å². The lowest BCUT2D eigenvalue weighted by molar-refractivity contribution is -0.149. The van der Waals surface area contributed by atoms with E-state index in [-0.39, 0.29) is 30.5 Å². The summed E-state index contributed by atoms with van der Waals surface area (Å²) in [5.41, 5.74) is -0.532. The van der Waals surface area contributed by atoms with Crippen LogP contribution in [0.15, 0.2) is 12.1 Å². The van der Waals surface area contributed by atoms with Crippen molar-refractivity contribution in [2.75, 3.05) is 13.1 Å². The Labute approximate surface area is 148 Å². The number of rotatable bonds is 3. The van der Waals surface area contributed by atoms with Crippen molar-refractivity contribution in [3.05, 3.63) is 35.1 Å². The van der Waals surface area contributed by atoms with Gasteiger partial charge in [-0.05, 0) is 42.9 Å². The van der Waals surface area contributed by atoms with E-state index in [0.29, 0.717) is 24.9 Å². The minimum atomic E-state index is -1.50. The molecule has 8 heteroatoms. The molecular weight excluding hydrogens is 349 g/mol. The topological polar surface area (TPSA) is 69.6 Å². The van der Waals surface area contributed by atoms with Gasteiger partial charge in [0.15, 0.2) is 17.5 Å². The lowest BCUT2D eigenvalue weighted by atomic mass is 9.81. The third kappa shape index (κ3) is 2.62. The molecule has 1 heterocycles. The zero-order valence-corrected chi connectivity index (χ0v) is 14.0. The van der Waals surface area contributed by atoms with Crippen LogP contribution < -0.4 is 5.32 Å². The number of carbonyl (C=O) groups excluding carboxylic acids is 1. The van der Waals surface area contributed by atoms with Crippen molar-refractivity contribution < 1.29 is 27.9 Å². The van der Waals surface area contributed by atoms with Crippen LogP contribution in [0.25, 0.3) is 0 Å². The fraction of sp³-hybridized carbons (Fsp3) is 0.556. The number of benzene rings is 1. The second-order valence-corrected chi connectivity index (χ2v) is 7.63. The summed E-state index contributed by atoms with van der Waals surface area (Å²) >= 11 is 0. The van der Waals surface area contributed by atoms with Crippen LogP contribution in [0.1, 0.15) is 37.2 Å². The number of carboxylic acid groups (broad SMARTS) is 1. The number of amides is 2. The number of likely N-dealkylation sites (tertiary alicyclic amines) is 1. The first-order valence-electron chi connectivity index (χ1n) is 8.75. The molecule has 3 fully saturated rings. The van der Waals surface area contributed by atoms with Gasteiger partial charge in [0.05, 0.1) is 5.41 Å². The van der Waals surface area contributed by atoms with Crippen LogP contribution >= 0.6 is 0 Å². The Morgan fingerprint density at radius 1 is 1.23 bits per heavy atom. The predicted molar refractivity (Wildman–Crippen MR) is 85.0 cm³/mol. The van der Waals surface area contributed by atoms with Crippen LogP contribution in [0.5, 0.6) is 0 Å². The van der Waals surface area contributed by atoms with Crippen molar-refractivity contribution in [2.24, 2.45) is 11.3 Å². The molecule has 1 aromatic rings. The number of carbonyl (C=O) groups is 2. The average molecular weight is 368 g/mol. The van der Waals surface area contributed by atoms with Gasteiger partial charge in [-0.15, -0.1) is 0 Å². The summed E-state index contributed by atoms with van der Waals surface area (Å²) in [7, 11) is 0. The molecule has 0 aromatic heterocycles. The number of nitrogens with zero attached hydrogens (tertiary/aromatic N) is 1. The highest BCUT2D eigenvalue weighted by molar-refractivity contribution is 5.81. The quantitative estimate of drug-likeness (QED) is 0.806. The molecule has 2 amide bonds. The molecule has 1 saturated heterocycles. The van der Waals surface area contributed by atoms with Crippen molar-refractivity contribution in [3.8, 4) is 0 Å². The van der Waals surface area contributed by atoms with Crippen LogP contribution in [0, 0.1) is 28.8 Å². The van der Waals surface area contributed by atoms with E-state index < -0.39 is 28.8 Å². The van der Waals surface area contributed by atoms with Crippen LogP contribution in [0.4, 0.5) is 18.0 Å². The molecule has 1 aromatic carbocycles. The Morgan fingerprint density at radius 3 is 2.54 bits per heavy atom. The number of halogens is 3. The zero-order chi connectivity index (χ0) is 18.6. The molecule has 0 radical (unpaired) electrons. The largest absolute Gasteiger partial charge is 0.481 e. The van der Waals surface area contributed by atoms with E-state index in [1.165, 1.54) is 4.90 Å². The number of nitrogens with one attached hydrogen (secondary N) is 1. The molecule has 0 spiro atoms. The third-order valence-corrected chi connectivity index (χ3v) is 6.12. The molecular formula is C18H19F3N2O3. The van der Waals surface area contributed by atoms with E-state index in [1.807, 2.05) is 0 Å². The van der Waals surface area contributed by atoms with Crippen LogP contribution in [0.3, 0.4) is 0 Å². The third-order valence-electron chi connectivity index (χ3n) is 6.12. The van der Waals surface area contributed by atoms with Gasteiger partial charge in [0.25, 0.3) is 0 Å². The van der Waals surface area contributed by atoms with Gasteiger partial charge < -0.3 is 15.3 Å². The lowest BCUT2D eigenvalue weighted by Gasteiger charge is -2.23. The first-order valence-corrected chi connectivity index (χ1v) is 8.75. The Morgan fingerprint density at radius 2 is 1.92 bits per heavy atom. The second-order valence-electron chi connectivity index (χ2n) is 7.63. The lowest BCUT2D eigenvalue weighted by Crippen LogP contribution is -2.42. The van der Waals surface area contributed by atoms with Crippen molar-refractivity contribution in [1.29, 1.82) is 0 Å². The summed E-state index contributed by atoms with van der Waals surface area (Å²) in [5.74, 6) is -5.13. The molecule has 0 bridgehead atoms. The first-order chi connectivity index (χ1) is 12.3. The number of hydrogen-bond donors (Lipinski definition) is 2. The highest BCUT2D eigenvalue weighted by Gasteiger charge is 2.56. The number of hydrogen-bond acceptors (Lipinski definition) is 2. The molecule has 5 nitrogen and oxygen atoms in total. The summed E-state index contributed by atoms with van der Waals surface area (Å²) in [6.45, 7) is 0.603. The van der Waals surface area contributed by atoms with E-state index in [4.69, 9.17) is 0 Å². The van der Waals surface area contributed by atoms with E-state index in [9.17, 15) is 27.9 Å². The minimum Gasteiger partial charge on any atom is -0.481 e. The van der Waals surface area contributed by atoms with Crippen LogP contribution in [-0.4, -0.2) is 41.1 Å². The Balaban J connectivity index is 1.39. The van der Waals surface area contributed by atoms with Gasteiger partial charge in [-0.3, -0.25) is 4.79 Å². The Bertz CT molecular complexity index is 764. The van der Waals surface area contributed by atoms with Gasteiger partial charge in [-0.2, -0.15) is 0 Å². The van der Waals surface area contributed by atoms with Crippen molar-refractivity contribution in [2.45, 2.75) is 37.6 Å². The standard InChI is InChI=1S/C18H19F3N2O3/c19-12-4-9(5-13(20)15(12)21)11-6-14(11)22-17(26)23-7-10-2-1-3-18(10,8-23)16(24)25/h4-5,10-11,14H,1-3,6-8H2,(H,22,26)(H,24,25)/t10-,11-,14+,18+/m0/s1. The monoisotopic (exact) mass is 368 g/mol. The average Bonchev–Trinajstić information content (AvgIpc) is 3.05. The summed E-state index contributed by atoms with van der Waals surface area (Å²) in [6.07, 6.45) is 2.75. The summed E-state index contributed by atoms with van der Waals surface area (Å²) in [4.78, 5) is 25.7. The van der Waals surface area contributed by atoms with E-state index in [2.05, 4.69) is 5.32 Å². The molecule has 4 rings (SSSR count). The smallest absolute Gasteiger partial charge is 0.317 e. The van der Waals surface area contributed by atoms with Gasteiger partial charge in [0.1, 0.15) is 0 Å². The maximum absolute atomic E-state index is 13.3. The summed E-state index contributed by atoms with van der Waals surface area (Å²) in [6, 6.07) is 1.27. The Kier molecular flexibility index (Phi) is 3.89. The van der Waals surface area contributed by atoms with E-state index >= 15 is 0 Å². The fourth-order valence-electron chi connectivity index (χ4n) is 4.56. The SMILES string of the molecule is O=C(N[C@@H]1C[C@H]1c1cc(F)c(F)c(F)c1)N1C[C@@H]2CCC[C@@]2(C(=O)O)C1. The number of aliphatic carboxylic acids is 1. The molecule has 26 heavy (non-hydrogen) atoms. The normalized spacial score (nSPS) is 32.4.